The number of aliphatic hydroxyl groups excluding tert-OH is 1. The van der Waals surface area contributed by atoms with Gasteiger partial charge in [-0.25, -0.2) is 9.97 Å². The number of amides is 5. The fourth-order valence-electron chi connectivity index (χ4n) is 12.1. The number of imide groups is 2. The van der Waals surface area contributed by atoms with Crippen LogP contribution in [0.15, 0.2) is 65.7 Å². The van der Waals surface area contributed by atoms with Crippen LogP contribution in [0.1, 0.15) is 100 Å². The lowest BCUT2D eigenvalue weighted by Crippen LogP contribution is -2.57. The maximum absolute atomic E-state index is 14.0. The van der Waals surface area contributed by atoms with Crippen molar-refractivity contribution in [2.45, 2.75) is 97.5 Å². The number of pyridine rings is 3. The van der Waals surface area contributed by atoms with Gasteiger partial charge in [0.2, 0.25) is 11.8 Å². The predicted octanol–water partition coefficient (Wildman–Crippen LogP) is 4.55. The number of aryl methyl sites for hydroxylation is 2. The minimum atomic E-state index is -0.994. The van der Waals surface area contributed by atoms with Crippen molar-refractivity contribution in [1.82, 2.24) is 34.2 Å². The second-order valence-electron chi connectivity index (χ2n) is 20.9. The van der Waals surface area contributed by atoms with E-state index in [9.17, 15) is 33.9 Å². The number of aliphatic hydroxyl groups is 1. The van der Waals surface area contributed by atoms with Gasteiger partial charge in [0.1, 0.15) is 29.1 Å². The molecular formula is C53H59N11O7. The van der Waals surface area contributed by atoms with E-state index >= 15 is 0 Å². The summed E-state index contributed by atoms with van der Waals surface area (Å²) in [6, 6.07) is 14.5. The van der Waals surface area contributed by atoms with Crippen molar-refractivity contribution >= 4 is 58.2 Å². The zero-order valence-electron chi connectivity index (χ0n) is 40.8. The molecule has 9 heterocycles. The lowest BCUT2D eigenvalue weighted by Gasteiger charge is -2.47. The van der Waals surface area contributed by atoms with Crippen molar-refractivity contribution in [2.75, 3.05) is 59.3 Å². The predicted molar refractivity (Wildman–Crippen MR) is 267 cm³/mol. The second kappa shape index (κ2) is 17.6. The minimum Gasteiger partial charge on any atom is -0.392 e. The average molecular weight is 962 g/mol. The second-order valence-corrected chi connectivity index (χ2v) is 20.9. The van der Waals surface area contributed by atoms with Crippen molar-refractivity contribution in [3.05, 3.63) is 111 Å². The molecule has 0 spiro atoms. The highest BCUT2D eigenvalue weighted by Crippen LogP contribution is 2.41. The molecule has 6 aliphatic rings. The van der Waals surface area contributed by atoms with Crippen LogP contribution in [0.25, 0.3) is 11.1 Å². The Morgan fingerprint density at radius 3 is 2.38 bits per heavy atom. The van der Waals surface area contributed by atoms with E-state index in [4.69, 9.17) is 4.98 Å². The van der Waals surface area contributed by atoms with E-state index in [2.05, 4.69) is 61.7 Å². The molecule has 71 heavy (non-hydrogen) atoms. The molecular weight excluding hydrogens is 903 g/mol. The Labute approximate surface area is 411 Å². The number of carbonyl (C=O) groups excluding carboxylic acids is 5. The number of piperidine rings is 2. The van der Waals surface area contributed by atoms with Crippen LogP contribution in [-0.2, 0) is 42.6 Å². The van der Waals surface area contributed by atoms with Gasteiger partial charge in [0.25, 0.3) is 23.3 Å². The number of nitrogens with one attached hydrogen (secondary N) is 2. The van der Waals surface area contributed by atoms with E-state index in [-0.39, 0.29) is 47.9 Å². The van der Waals surface area contributed by atoms with Crippen LogP contribution >= 0.6 is 0 Å². The highest BCUT2D eigenvalue weighted by molar-refractivity contribution is 6.23. The smallest absolute Gasteiger partial charge is 0.276 e. The number of aromatic nitrogens is 4. The van der Waals surface area contributed by atoms with Gasteiger partial charge >= 0.3 is 0 Å². The van der Waals surface area contributed by atoms with Gasteiger partial charge in [0, 0.05) is 106 Å². The largest absolute Gasteiger partial charge is 0.392 e. The molecule has 18 nitrogen and oxygen atoms in total. The third kappa shape index (κ3) is 8.06. The lowest BCUT2D eigenvalue weighted by molar-refractivity contribution is -0.136. The average Bonchev–Trinajstić information content (AvgIpc) is 3.94. The van der Waals surface area contributed by atoms with Crippen LogP contribution in [0.3, 0.4) is 0 Å². The quantitative estimate of drug-likeness (QED) is 0.174. The molecule has 18 heteroatoms. The normalized spacial score (nSPS) is 21.5. The number of fused-ring (bicyclic) bond motifs is 4. The molecule has 5 aliphatic heterocycles. The molecule has 1 aromatic carbocycles. The zero-order valence-corrected chi connectivity index (χ0v) is 40.8. The van der Waals surface area contributed by atoms with Crippen molar-refractivity contribution in [3.8, 4) is 11.1 Å². The summed E-state index contributed by atoms with van der Waals surface area (Å²) in [6.45, 7) is 13.6. The number of rotatable bonds is 9. The summed E-state index contributed by atoms with van der Waals surface area (Å²) < 4.78 is 3.66. The highest BCUT2D eigenvalue weighted by atomic mass is 16.3. The highest BCUT2D eigenvalue weighted by Gasteiger charge is 2.45. The molecule has 3 saturated heterocycles. The number of carbonyl (C=O) groups is 5. The Morgan fingerprint density at radius 1 is 0.845 bits per heavy atom. The first-order valence-corrected chi connectivity index (χ1v) is 24.8. The van der Waals surface area contributed by atoms with Crippen molar-refractivity contribution in [1.29, 1.82) is 0 Å². The zero-order chi connectivity index (χ0) is 49.6. The van der Waals surface area contributed by atoms with Crippen LogP contribution < -0.4 is 30.9 Å². The molecule has 11 rings (SSSR count). The molecule has 4 aromatic heterocycles. The molecule has 5 amide bonds. The van der Waals surface area contributed by atoms with Crippen LogP contribution in [0.4, 0.5) is 28.7 Å². The Morgan fingerprint density at radius 2 is 1.63 bits per heavy atom. The maximum Gasteiger partial charge on any atom is 0.276 e. The fourth-order valence-corrected chi connectivity index (χ4v) is 12.1. The van der Waals surface area contributed by atoms with E-state index < -0.39 is 29.7 Å². The SMILES string of the molecule is Cc1nc(Nc2cc(-c3ccnc(N4CCn5c(cc6c5CC(C)(C)C6)C4=O)c3CO)cn(C)c2=O)ccc1N1CCN(C2CCN(c3ccc4c(c3)C(=O)N(C3CCC(=O)NC3=O)C4=O)CC2)C[C@@H]1C. The maximum atomic E-state index is 14.0. The summed E-state index contributed by atoms with van der Waals surface area (Å²) in [7, 11) is 1.69. The number of anilines is 5. The van der Waals surface area contributed by atoms with Gasteiger partial charge in [-0.3, -0.25) is 48.8 Å². The molecule has 1 aliphatic carbocycles. The molecule has 0 saturated carbocycles. The Hall–Kier alpha value is -7.18. The lowest BCUT2D eigenvalue weighted by atomic mass is 9.90. The van der Waals surface area contributed by atoms with E-state index in [1.807, 2.05) is 25.1 Å². The van der Waals surface area contributed by atoms with Gasteiger partial charge in [-0.05, 0) is 111 Å². The van der Waals surface area contributed by atoms with Gasteiger partial charge in [0.05, 0.1) is 29.1 Å². The third-order valence-electron chi connectivity index (χ3n) is 15.6. The Bertz CT molecular complexity index is 3130. The summed E-state index contributed by atoms with van der Waals surface area (Å²) in [4.78, 5) is 98.1. The van der Waals surface area contributed by atoms with E-state index in [1.54, 1.807) is 48.6 Å². The standard InChI is InChI=1S/C53H59N11O7/c1-30-27-60(34-13-16-59(17-14-34)35-6-7-37-38(24-35)50(69)64(49(37)68)42-9-11-46(66)57-48(42)67)18-19-61(30)41-8-10-45(55-31(41)2)56-40-22-33(28-58(5)51(40)70)36-12-15-54-47(39(36)29-65)63-21-20-62-43(52(63)71)23-32-25-53(3,4)26-44(32)62/h6-8,10,12,15,22-24,28,30,34,42,65H,9,11,13-14,16-21,25-27,29H2,1-5H3,(H,55,56)(H,57,66,67)/t30-,42?/m0/s1. The molecule has 3 N–H and O–H groups in total. The minimum absolute atomic E-state index is 0.0778. The molecule has 1 unspecified atom stereocenters. The first-order chi connectivity index (χ1) is 34.1. The topological polar surface area (TPSA) is 199 Å². The Balaban J connectivity index is 0.730. The van der Waals surface area contributed by atoms with Crippen molar-refractivity contribution in [3.63, 3.8) is 0 Å². The first-order valence-electron chi connectivity index (χ1n) is 24.8. The van der Waals surface area contributed by atoms with Gasteiger partial charge in [-0.1, -0.05) is 13.8 Å². The number of benzene rings is 1. The summed E-state index contributed by atoms with van der Waals surface area (Å²) >= 11 is 0. The van der Waals surface area contributed by atoms with E-state index in [1.165, 1.54) is 15.8 Å². The number of hydrogen-bond donors (Lipinski definition) is 3. The summed E-state index contributed by atoms with van der Waals surface area (Å²) in [5, 5.41) is 16.4. The molecule has 5 aromatic rings. The number of piperazine rings is 1. The monoisotopic (exact) mass is 961 g/mol. The van der Waals surface area contributed by atoms with E-state index in [0.717, 1.165) is 80.4 Å². The molecule has 368 valence electrons. The number of nitrogens with zero attached hydrogens (tertiary/aromatic N) is 9. The number of hydrogen-bond acceptors (Lipinski definition) is 13. The molecule has 3 fully saturated rings. The summed E-state index contributed by atoms with van der Waals surface area (Å²) in [6.07, 6.45) is 7.33. The fraction of sp³-hybridized carbons (Fsp3) is 0.434. The van der Waals surface area contributed by atoms with Gasteiger partial charge in [-0.15, -0.1) is 0 Å². The molecule has 0 bridgehead atoms. The summed E-state index contributed by atoms with van der Waals surface area (Å²) in [5.74, 6) is -1.22. The van der Waals surface area contributed by atoms with Crippen molar-refractivity contribution in [2.24, 2.45) is 12.5 Å². The van der Waals surface area contributed by atoms with Crippen LogP contribution in [0.5, 0.6) is 0 Å². The third-order valence-corrected chi connectivity index (χ3v) is 15.6. The molecule has 2 atom stereocenters. The first kappa shape index (κ1) is 46.2. The summed E-state index contributed by atoms with van der Waals surface area (Å²) in [5.41, 5.74) is 8.54. The molecule has 0 radical (unpaired) electrons. The van der Waals surface area contributed by atoms with Crippen LogP contribution in [0, 0.1) is 12.3 Å². The van der Waals surface area contributed by atoms with Crippen LogP contribution in [-0.4, -0.2) is 121 Å². The van der Waals surface area contributed by atoms with E-state index in [0.29, 0.717) is 64.4 Å². The van der Waals surface area contributed by atoms with Gasteiger partial charge in [-0.2, -0.15) is 0 Å². The Kier molecular flexibility index (Phi) is 11.5. The van der Waals surface area contributed by atoms with Crippen LogP contribution in [0.2, 0.25) is 0 Å². The van der Waals surface area contributed by atoms with Gasteiger partial charge in [0.15, 0.2) is 0 Å². The van der Waals surface area contributed by atoms with Gasteiger partial charge < -0.3 is 29.4 Å². The van der Waals surface area contributed by atoms with Crippen molar-refractivity contribution < 1.29 is 29.1 Å².